The van der Waals surface area contributed by atoms with E-state index in [9.17, 15) is 9.90 Å². The number of nitrogens with two attached hydrogens (primary N) is 2. The van der Waals surface area contributed by atoms with Crippen LogP contribution in [0.4, 0.5) is 0 Å². The van der Waals surface area contributed by atoms with Gasteiger partial charge in [-0.05, 0) is 18.4 Å². The highest BCUT2D eigenvalue weighted by molar-refractivity contribution is 5.87. The molecule has 1 aromatic rings. The zero-order valence-corrected chi connectivity index (χ0v) is 14.7. The van der Waals surface area contributed by atoms with Gasteiger partial charge >= 0.3 is 0 Å². The van der Waals surface area contributed by atoms with Crippen molar-refractivity contribution in [2.45, 2.75) is 27.3 Å². The Balaban J connectivity index is 2.51. The van der Waals surface area contributed by atoms with E-state index in [-0.39, 0.29) is 18.4 Å². The number of benzene rings is 1. The number of hydrogen-bond acceptors (Lipinski definition) is 5. The van der Waals surface area contributed by atoms with Crippen LogP contribution in [0, 0.1) is 11.8 Å². The van der Waals surface area contributed by atoms with Gasteiger partial charge in [0.1, 0.15) is 0 Å². The summed E-state index contributed by atoms with van der Waals surface area (Å²) in [5.74, 6) is -0.109. The minimum Gasteiger partial charge on any atom is -0.400 e. The molecule has 6 nitrogen and oxygen atoms in total. The molecule has 0 fully saturated rings. The monoisotopic (exact) mass is 332 g/mol. The largest absolute Gasteiger partial charge is 0.400 e. The summed E-state index contributed by atoms with van der Waals surface area (Å²) in [7, 11) is 0. The van der Waals surface area contributed by atoms with Crippen molar-refractivity contribution in [3.05, 3.63) is 41.1 Å². The topological polar surface area (TPSA) is 95.8 Å². The van der Waals surface area contributed by atoms with Gasteiger partial charge in [-0.3, -0.25) is 14.8 Å². The fraction of sp³-hybridized carbons (Fsp3) is 0.500. The molecule has 2 rings (SSSR count). The van der Waals surface area contributed by atoms with E-state index in [4.69, 9.17) is 11.5 Å². The molecule has 0 saturated heterocycles. The molecule has 0 spiro atoms. The number of aliphatic hydroxyl groups is 1. The summed E-state index contributed by atoms with van der Waals surface area (Å²) >= 11 is 0. The van der Waals surface area contributed by atoms with Crippen LogP contribution in [0.1, 0.15) is 31.9 Å². The van der Waals surface area contributed by atoms with E-state index < -0.39 is 0 Å². The summed E-state index contributed by atoms with van der Waals surface area (Å²) in [6, 6.07) is 7.84. The van der Waals surface area contributed by atoms with Gasteiger partial charge in [-0.15, -0.1) is 0 Å². The minimum absolute atomic E-state index is 0.0306. The first-order valence-corrected chi connectivity index (χ1v) is 8.39. The summed E-state index contributed by atoms with van der Waals surface area (Å²) in [6.45, 7) is 7.27. The first kappa shape index (κ1) is 18.3. The summed E-state index contributed by atoms with van der Waals surface area (Å²) < 4.78 is 0. The Hall–Kier alpha value is -2.05. The van der Waals surface area contributed by atoms with Crippen LogP contribution >= 0.6 is 0 Å². The van der Waals surface area contributed by atoms with Gasteiger partial charge in [-0.25, -0.2) is 0 Å². The maximum Gasteiger partial charge on any atom is 0.249 e. The number of carbonyl (C=O) groups excluding carboxylic acids is 1. The molecular formula is C18H28N4O2. The second-order valence-corrected chi connectivity index (χ2v) is 6.59. The lowest BCUT2D eigenvalue weighted by Gasteiger charge is -2.44. The Morgan fingerprint density at radius 3 is 2.33 bits per heavy atom. The molecule has 0 radical (unpaired) electrons. The summed E-state index contributed by atoms with van der Waals surface area (Å²) in [5, 5.41) is 13.0. The molecule has 132 valence electrons. The highest BCUT2D eigenvalue weighted by atomic mass is 16.3. The van der Waals surface area contributed by atoms with Crippen molar-refractivity contribution in [2.24, 2.45) is 23.3 Å². The molecule has 1 aromatic carbocycles. The lowest BCUT2D eigenvalue weighted by atomic mass is 9.97. The smallest absolute Gasteiger partial charge is 0.249 e. The minimum atomic E-state index is -0.386. The quantitative estimate of drug-likeness (QED) is 0.725. The van der Waals surface area contributed by atoms with Crippen molar-refractivity contribution in [1.29, 1.82) is 0 Å². The lowest BCUT2D eigenvalue weighted by molar-refractivity contribution is -0.150. The Labute approximate surface area is 143 Å². The number of amides is 1. The molecule has 0 saturated carbocycles. The normalized spacial score (nSPS) is 18.8. The van der Waals surface area contributed by atoms with E-state index in [0.29, 0.717) is 31.2 Å². The average molecular weight is 332 g/mol. The van der Waals surface area contributed by atoms with E-state index in [1.807, 2.05) is 36.2 Å². The van der Waals surface area contributed by atoms with Crippen LogP contribution < -0.4 is 11.5 Å². The number of carbonyl (C=O) groups is 1. The number of hydrogen-bond donors (Lipinski definition) is 3. The van der Waals surface area contributed by atoms with Gasteiger partial charge in [-0.2, -0.15) is 0 Å². The van der Waals surface area contributed by atoms with Crippen molar-refractivity contribution in [2.75, 3.05) is 19.7 Å². The number of β-amino-alcohol motifs (C(OH)–C–C–N with tert-alkyl or cyclic N) is 1. The van der Waals surface area contributed by atoms with Crippen molar-refractivity contribution < 1.29 is 9.90 Å². The Bertz CT molecular complexity index is 610. The standard InChI is InChI=1S/C18H28N4O2/c1-12(2)11-22-18(24)13(3)16(20)17(21(22)8-9-23)15-6-4-14(10-19)5-7-15/h4-7,12-13,23H,8-11,19-20H2,1-3H3. The van der Waals surface area contributed by atoms with Crippen LogP contribution in [0.15, 0.2) is 30.0 Å². The fourth-order valence-electron chi connectivity index (χ4n) is 2.93. The average Bonchev–Trinajstić information content (AvgIpc) is 2.57. The SMILES string of the molecule is CC(C)CN1C(=O)C(C)C(N)=C(c2ccc(CN)cc2)N1CCO. The molecular weight excluding hydrogens is 304 g/mol. The van der Waals surface area contributed by atoms with Gasteiger partial charge < -0.3 is 16.6 Å². The molecule has 0 aliphatic carbocycles. The van der Waals surface area contributed by atoms with Crippen molar-refractivity contribution in [3.63, 3.8) is 0 Å². The van der Waals surface area contributed by atoms with E-state index in [0.717, 1.165) is 16.8 Å². The molecule has 5 N–H and O–H groups in total. The first-order valence-electron chi connectivity index (χ1n) is 8.39. The number of hydrazine groups is 1. The maximum absolute atomic E-state index is 12.7. The van der Waals surface area contributed by atoms with E-state index in [1.165, 1.54) is 0 Å². The highest BCUT2D eigenvalue weighted by Gasteiger charge is 2.36. The van der Waals surface area contributed by atoms with Crippen molar-refractivity contribution >= 4 is 11.6 Å². The van der Waals surface area contributed by atoms with Gasteiger partial charge in [0.15, 0.2) is 0 Å². The van der Waals surface area contributed by atoms with Crippen LogP contribution in [0.25, 0.3) is 5.70 Å². The highest BCUT2D eigenvalue weighted by Crippen LogP contribution is 2.32. The number of rotatable bonds is 6. The fourth-order valence-corrected chi connectivity index (χ4v) is 2.93. The van der Waals surface area contributed by atoms with Crippen LogP contribution in [0.3, 0.4) is 0 Å². The van der Waals surface area contributed by atoms with E-state index >= 15 is 0 Å². The van der Waals surface area contributed by atoms with Gasteiger partial charge in [0, 0.05) is 24.4 Å². The third kappa shape index (κ3) is 3.55. The van der Waals surface area contributed by atoms with E-state index in [2.05, 4.69) is 13.8 Å². The maximum atomic E-state index is 12.7. The van der Waals surface area contributed by atoms with Gasteiger partial charge in [0.25, 0.3) is 0 Å². The number of nitrogens with zero attached hydrogens (tertiary/aromatic N) is 2. The summed E-state index contributed by atoms with van der Waals surface area (Å²) in [4.78, 5) is 12.7. The van der Waals surface area contributed by atoms with Gasteiger partial charge in [0.2, 0.25) is 5.91 Å². The molecule has 0 bridgehead atoms. The summed E-state index contributed by atoms with van der Waals surface area (Å²) in [6.07, 6.45) is 0. The third-order valence-corrected chi connectivity index (χ3v) is 4.23. The molecule has 1 unspecified atom stereocenters. The van der Waals surface area contributed by atoms with Crippen LogP contribution in [-0.2, 0) is 11.3 Å². The predicted molar refractivity (Wildman–Crippen MR) is 94.9 cm³/mol. The molecule has 1 heterocycles. The second kappa shape index (κ2) is 7.68. The Morgan fingerprint density at radius 1 is 1.21 bits per heavy atom. The van der Waals surface area contributed by atoms with E-state index in [1.54, 1.807) is 5.01 Å². The molecule has 1 amide bonds. The predicted octanol–water partition coefficient (Wildman–Crippen LogP) is 1.12. The molecule has 0 aromatic heterocycles. The lowest BCUT2D eigenvalue weighted by Crippen LogP contribution is -2.54. The molecule has 6 heteroatoms. The summed E-state index contributed by atoms with van der Waals surface area (Å²) in [5.41, 5.74) is 15.3. The van der Waals surface area contributed by atoms with Crippen molar-refractivity contribution in [3.8, 4) is 0 Å². The zero-order chi connectivity index (χ0) is 17.9. The number of aliphatic hydroxyl groups excluding tert-OH is 1. The third-order valence-electron chi connectivity index (χ3n) is 4.23. The van der Waals surface area contributed by atoms with Crippen LogP contribution in [0.5, 0.6) is 0 Å². The first-order chi connectivity index (χ1) is 11.4. The van der Waals surface area contributed by atoms with Crippen molar-refractivity contribution in [1.82, 2.24) is 10.0 Å². The zero-order valence-electron chi connectivity index (χ0n) is 14.7. The Morgan fingerprint density at radius 2 is 1.83 bits per heavy atom. The van der Waals surface area contributed by atoms with Crippen LogP contribution in [-0.4, -0.2) is 40.7 Å². The second-order valence-electron chi connectivity index (χ2n) is 6.59. The molecule has 1 aliphatic heterocycles. The molecule has 24 heavy (non-hydrogen) atoms. The van der Waals surface area contributed by atoms with Gasteiger partial charge in [0.05, 0.1) is 24.8 Å². The van der Waals surface area contributed by atoms with Crippen LogP contribution in [0.2, 0.25) is 0 Å². The molecule has 1 aliphatic rings. The Kier molecular flexibility index (Phi) is 5.85. The molecule has 1 atom stereocenters. The van der Waals surface area contributed by atoms with Gasteiger partial charge in [-0.1, -0.05) is 38.1 Å².